The summed E-state index contributed by atoms with van der Waals surface area (Å²) in [7, 11) is -9.95. The van der Waals surface area contributed by atoms with E-state index < -0.39 is 97.5 Å². The molecule has 0 aromatic rings. The van der Waals surface area contributed by atoms with Crippen LogP contribution in [0.5, 0.6) is 0 Å². The van der Waals surface area contributed by atoms with Gasteiger partial charge in [-0.3, -0.25) is 37.3 Å². The summed E-state index contributed by atoms with van der Waals surface area (Å²) in [5.41, 5.74) is 0. The summed E-state index contributed by atoms with van der Waals surface area (Å²) < 4.78 is 68.5. The van der Waals surface area contributed by atoms with E-state index in [1.54, 1.807) is 0 Å². The molecule has 0 aliphatic heterocycles. The molecule has 0 aromatic heterocycles. The molecular weight excluding hydrogens is 1280 g/mol. The number of aliphatic hydroxyl groups excluding tert-OH is 1. The summed E-state index contributed by atoms with van der Waals surface area (Å²) >= 11 is 0. The minimum absolute atomic E-state index is 0.0854. The number of carbonyl (C=O) groups is 4. The zero-order valence-electron chi connectivity index (χ0n) is 62.5. The van der Waals surface area contributed by atoms with Gasteiger partial charge in [-0.2, -0.15) is 0 Å². The van der Waals surface area contributed by atoms with E-state index in [0.29, 0.717) is 25.7 Å². The van der Waals surface area contributed by atoms with Crippen LogP contribution in [0.2, 0.25) is 0 Å². The second-order valence-corrected chi connectivity index (χ2v) is 29.5. The summed E-state index contributed by atoms with van der Waals surface area (Å²) in [6.45, 7) is 4.84. The highest BCUT2D eigenvalue weighted by Gasteiger charge is 2.30. The molecule has 0 aliphatic rings. The van der Waals surface area contributed by atoms with Gasteiger partial charge in [-0.05, 0) is 135 Å². The van der Waals surface area contributed by atoms with E-state index >= 15 is 0 Å². The lowest BCUT2D eigenvalue weighted by Gasteiger charge is -2.21. The second-order valence-electron chi connectivity index (χ2n) is 26.6. The van der Waals surface area contributed by atoms with E-state index in [2.05, 4.69) is 88.5 Å². The third-order valence-corrected chi connectivity index (χ3v) is 18.8. The van der Waals surface area contributed by atoms with Crippen molar-refractivity contribution in [1.82, 2.24) is 0 Å². The van der Waals surface area contributed by atoms with Crippen molar-refractivity contribution in [2.75, 3.05) is 39.6 Å². The number of unbranched alkanes of at least 4 members (excludes halogenated alkanes) is 39. The molecular formula is C79H144O17P2. The Kier molecular flexibility index (Phi) is 69.7. The Morgan fingerprint density at radius 2 is 0.500 bits per heavy atom. The minimum atomic E-state index is -4.97. The molecule has 0 bridgehead atoms. The molecule has 98 heavy (non-hydrogen) atoms. The van der Waals surface area contributed by atoms with Crippen molar-refractivity contribution in [3.8, 4) is 0 Å². The van der Waals surface area contributed by atoms with Gasteiger partial charge in [-0.1, -0.05) is 262 Å². The van der Waals surface area contributed by atoms with E-state index in [1.807, 2.05) is 0 Å². The number of aliphatic hydroxyl groups is 1. The first-order chi connectivity index (χ1) is 47.7. The van der Waals surface area contributed by atoms with E-state index in [-0.39, 0.29) is 25.7 Å². The number of carbonyl (C=O) groups excluding carboxylic acids is 4. The fourth-order valence-electron chi connectivity index (χ4n) is 10.8. The lowest BCUT2D eigenvalue weighted by atomic mass is 10.1. The first-order valence-corrected chi connectivity index (χ1v) is 42.5. The molecule has 2 unspecified atom stereocenters. The van der Waals surface area contributed by atoms with Gasteiger partial charge in [0.2, 0.25) is 0 Å². The second kappa shape index (κ2) is 72.1. The van der Waals surface area contributed by atoms with Crippen molar-refractivity contribution in [2.24, 2.45) is 0 Å². The van der Waals surface area contributed by atoms with Crippen molar-refractivity contribution in [1.29, 1.82) is 0 Å². The van der Waals surface area contributed by atoms with Crippen LogP contribution < -0.4 is 0 Å². The maximum Gasteiger partial charge on any atom is 0.472 e. The Morgan fingerprint density at radius 1 is 0.286 bits per heavy atom. The number of ether oxygens (including phenoxy) is 4. The maximum absolute atomic E-state index is 13.1. The lowest BCUT2D eigenvalue weighted by Crippen LogP contribution is -2.30. The molecule has 0 spiro atoms. The molecule has 0 fully saturated rings. The molecule has 0 heterocycles. The van der Waals surface area contributed by atoms with Gasteiger partial charge in [0.25, 0.3) is 0 Å². The molecule has 5 atom stereocenters. The molecule has 0 amide bonds. The van der Waals surface area contributed by atoms with Crippen molar-refractivity contribution in [3.63, 3.8) is 0 Å². The van der Waals surface area contributed by atoms with Crippen LogP contribution in [-0.2, 0) is 65.4 Å². The van der Waals surface area contributed by atoms with Gasteiger partial charge in [0.15, 0.2) is 12.2 Å². The number of hydrogen-bond acceptors (Lipinski definition) is 15. The van der Waals surface area contributed by atoms with E-state index in [1.165, 1.54) is 122 Å². The first kappa shape index (κ1) is 94.8. The minimum Gasteiger partial charge on any atom is -0.462 e. The van der Waals surface area contributed by atoms with E-state index in [4.69, 9.17) is 37.0 Å². The Morgan fingerprint density at radius 3 is 0.796 bits per heavy atom. The Bertz CT molecular complexity index is 2100. The molecule has 17 nitrogen and oxygen atoms in total. The summed E-state index contributed by atoms with van der Waals surface area (Å²) in [6.07, 6.45) is 70.5. The predicted octanol–water partition coefficient (Wildman–Crippen LogP) is 22.7. The highest BCUT2D eigenvalue weighted by Crippen LogP contribution is 2.45. The molecule has 572 valence electrons. The van der Waals surface area contributed by atoms with Crippen LogP contribution >= 0.6 is 15.6 Å². The average Bonchev–Trinajstić information content (AvgIpc) is 1.04. The number of esters is 4. The first-order valence-electron chi connectivity index (χ1n) is 39.5. The number of hydrogen-bond donors (Lipinski definition) is 3. The van der Waals surface area contributed by atoms with Gasteiger partial charge < -0.3 is 33.8 Å². The van der Waals surface area contributed by atoms with Crippen LogP contribution in [-0.4, -0.2) is 96.7 Å². The fourth-order valence-corrected chi connectivity index (χ4v) is 12.4. The number of rotatable bonds is 75. The van der Waals surface area contributed by atoms with Gasteiger partial charge in [0.05, 0.1) is 26.4 Å². The molecule has 0 aliphatic carbocycles. The zero-order chi connectivity index (χ0) is 71.8. The number of phosphoric acid groups is 2. The molecule has 19 heteroatoms. The van der Waals surface area contributed by atoms with Crippen LogP contribution in [0.25, 0.3) is 0 Å². The van der Waals surface area contributed by atoms with Gasteiger partial charge in [0.1, 0.15) is 19.3 Å². The van der Waals surface area contributed by atoms with Gasteiger partial charge in [-0.25, -0.2) is 9.13 Å². The molecule has 0 aromatic carbocycles. The standard InChI is InChI=1S/C79H144O17P2/c1-5-9-13-17-21-25-29-33-36-40-44-48-52-56-60-64-77(82)90-70-75(96-79(84)66-62-58-54-50-46-42-38-35-31-27-23-19-15-11-7-3)72-94-98(87,88)92-68-73(80)67-91-97(85,86)93-71-74(69-89-76(81)63-59-55-51-47-43-39-32-28-24-20-16-12-8-4)95-78(83)65-61-57-53-49-45-41-37-34-30-26-22-18-14-10-6-2/h21,25,28,32-38,73-75,80H,5-20,22-24,26-27,29-31,39-72H2,1-4H3,(H,85,86)(H,87,88)/b25-21-,32-28-,36-33-,37-34-,38-35-/t73-,74-,75-/m1/s1. The molecule has 0 radical (unpaired) electrons. The summed E-state index contributed by atoms with van der Waals surface area (Å²) in [5, 5.41) is 10.6. The van der Waals surface area contributed by atoms with Crippen LogP contribution in [0.3, 0.4) is 0 Å². The van der Waals surface area contributed by atoms with Gasteiger partial charge >= 0.3 is 39.5 Å². The van der Waals surface area contributed by atoms with Gasteiger partial charge in [0, 0.05) is 25.7 Å². The topological polar surface area (TPSA) is 237 Å². The fraction of sp³-hybridized carbons (Fsp3) is 0.823. The highest BCUT2D eigenvalue weighted by molar-refractivity contribution is 7.47. The summed E-state index contributed by atoms with van der Waals surface area (Å²) in [5.74, 6) is -2.19. The number of phosphoric ester groups is 2. The van der Waals surface area contributed by atoms with Crippen molar-refractivity contribution in [2.45, 2.75) is 380 Å². The van der Waals surface area contributed by atoms with Crippen LogP contribution in [0.4, 0.5) is 0 Å². The Hall–Kier alpha value is -3.24. The van der Waals surface area contributed by atoms with Crippen LogP contribution in [0.15, 0.2) is 60.8 Å². The maximum atomic E-state index is 13.1. The van der Waals surface area contributed by atoms with Crippen LogP contribution in [0.1, 0.15) is 362 Å². The molecule has 3 N–H and O–H groups in total. The Balaban J connectivity index is 5.35. The van der Waals surface area contributed by atoms with Crippen molar-refractivity contribution in [3.05, 3.63) is 60.8 Å². The monoisotopic (exact) mass is 1430 g/mol. The average molecular weight is 1430 g/mol. The lowest BCUT2D eigenvalue weighted by molar-refractivity contribution is -0.161. The summed E-state index contributed by atoms with van der Waals surface area (Å²) in [4.78, 5) is 72.9. The molecule has 0 rings (SSSR count). The third kappa shape index (κ3) is 71.2. The zero-order valence-corrected chi connectivity index (χ0v) is 64.3. The SMILES string of the molecule is CCCCC/C=C\C/C=C\CCCCCCCC(=O)OC[C@H](COP(=O)(O)OC[C@H](O)COP(=O)(O)OC[C@@H](COC(=O)CCCCCCC/C=C\CCCCCC)OC(=O)CCCCCCC/C=C\CCCCCCCC)OC(=O)CCCCCCC/C=C\CCCCCCCC. The van der Waals surface area contributed by atoms with Crippen LogP contribution in [0, 0.1) is 0 Å². The normalized spacial score (nSPS) is 14.2. The largest absolute Gasteiger partial charge is 0.472 e. The van der Waals surface area contributed by atoms with Crippen molar-refractivity contribution < 1.29 is 80.2 Å². The number of allylic oxidation sites excluding steroid dienone is 10. The van der Waals surface area contributed by atoms with E-state index in [0.717, 1.165) is 161 Å². The molecule has 0 saturated heterocycles. The highest BCUT2D eigenvalue weighted by atomic mass is 31.2. The smallest absolute Gasteiger partial charge is 0.462 e. The summed E-state index contributed by atoms with van der Waals surface area (Å²) in [6, 6.07) is 0. The predicted molar refractivity (Wildman–Crippen MR) is 400 cm³/mol. The quantitative estimate of drug-likeness (QED) is 0.0169. The van der Waals surface area contributed by atoms with E-state index in [9.17, 15) is 43.2 Å². The van der Waals surface area contributed by atoms with Gasteiger partial charge in [-0.15, -0.1) is 0 Å². The Labute approximate surface area is 597 Å². The third-order valence-electron chi connectivity index (χ3n) is 16.9. The van der Waals surface area contributed by atoms with Crippen molar-refractivity contribution >= 4 is 39.5 Å². The molecule has 0 saturated carbocycles.